The van der Waals surface area contributed by atoms with Gasteiger partial charge in [0.1, 0.15) is 0 Å². The molecule has 3 nitrogen and oxygen atoms in total. The lowest BCUT2D eigenvalue weighted by molar-refractivity contribution is 0.0313. The van der Waals surface area contributed by atoms with Crippen molar-refractivity contribution < 1.29 is 9.53 Å². The number of nitrogens with one attached hydrogen (secondary N) is 1. The highest BCUT2D eigenvalue weighted by Gasteiger charge is 2.14. The molecule has 1 saturated heterocycles. The molecule has 0 bridgehead atoms. The van der Waals surface area contributed by atoms with E-state index >= 15 is 0 Å². The van der Waals surface area contributed by atoms with Gasteiger partial charge in [-0.2, -0.15) is 0 Å². The number of aryl methyl sites for hydroxylation is 2. The SMILES string of the molecule is Cc1ccc(C(=O)CCOC2CCNCC2)cc1C. The third-order valence-corrected chi connectivity index (χ3v) is 3.80. The minimum Gasteiger partial charge on any atom is -0.378 e. The Balaban J connectivity index is 1.78. The van der Waals surface area contributed by atoms with Crippen molar-refractivity contribution in [3.8, 4) is 0 Å². The number of hydrogen-bond donors (Lipinski definition) is 1. The van der Waals surface area contributed by atoms with E-state index in [1.165, 1.54) is 11.1 Å². The summed E-state index contributed by atoms with van der Waals surface area (Å²) in [6.45, 7) is 6.68. The Kier molecular flexibility index (Phi) is 5.11. The maximum absolute atomic E-state index is 12.1. The molecule has 1 fully saturated rings. The van der Waals surface area contributed by atoms with Crippen molar-refractivity contribution in [2.75, 3.05) is 19.7 Å². The summed E-state index contributed by atoms with van der Waals surface area (Å²) >= 11 is 0. The lowest BCUT2D eigenvalue weighted by Gasteiger charge is -2.22. The summed E-state index contributed by atoms with van der Waals surface area (Å²) in [6, 6.07) is 5.90. The Hall–Kier alpha value is -1.19. The second-order valence-electron chi connectivity index (χ2n) is 5.29. The maximum Gasteiger partial charge on any atom is 0.165 e. The number of hydrogen-bond acceptors (Lipinski definition) is 3. The normalized spacial score (nSPS) is 16.5. The smallest absolute Gasteiger partial charge is 0.165 e. The summed E-state index contributed by atoms with van der Waals surface area (Å²) < 4.78 is 5.77. The van der Waals surface area contributed by atoms with E-state index in [1.54, 1.807) is 0 Å². The van der Waals surface area contributed by atoms with E-state index in [1.807, 2.05) is 25.1 Å². The third kappa shape index (κ3) is 4.15. The van der Waals surface area contributed by atoms with Gasteiger partial charge in [-0.15, -0.1) is 0 Å². The molecule has 19 heavy (non-hydrogen) atoms. The molecular weight excluding hydrogens is 238 g/mol. The average Bonchev–Trinajstić information content (AvgIpc) is 2.43. The number of benzene rings is 1. The topological polar surface area (TPSA) is 38.3 Å². The van der Waals surface area contributed by atoms with Crippen LogP contribution in [0, 0.1) is 13.8 Å². The average molecular weight is 261 g/mol. The molecule has 1 N–H and O–H groups in total. The van der Waals surface area contributed by atoms with Crippen LogP contribution in [0.4, 0.5) is 0 Å². The first-order chi connectivity index (χ1) is 9.16. The number of rotatable bonds is 5. The maximum atomic E-state index is 12.1. The molecule has 1 aromatic carbocycles. The predicted octanol–water partition coefficient (Wildman–Crippen LogP) is 2.64. The van der Waals surface area contributed by atoms with Gasteiger partial charge in [0.25, 0.3) is 0 Å². The lowest BCUT2D eigenvalue weighted by atomic mass is 10.0. The molecule has 1 aromatic rings. The van der Waals surface area contributed by atoms with Crippen molar-refractivity contribution in [3.63, 3.8) is 0 Å². The second-order valence-corrected chi connectivity index (χ2v) is 5.29. The van der Waals surface area contributed by atoms with Crippen LogP contribution in [0.25, 0.3) is 0 Å². The van der Waals surface area contributed by atoms with Gasteiger partial charge >= 0.3 is 0 Å². The zero-order valence-corrected chi connectivity index (χ0v) is 11.9. The van der Waals surface area contributed by atoms with E-state index in [0.29, 0.717) is 19.1 Å². The van der Waals surface area contributed by atoms with E-state index in [0.717, 1.165) is 31.5 Å². The number of ketones is 1. The minimum atomic E-state index is 0.178. The highest BCUT2D eigenvalue weighted by molar-refractivity contribution is 5.96. The van der Waals surface area contributed by atoms with Gasteiger partial charge in [0.15, 0.2) is 5.78 Å². The number of ether oxygens (including phenoxy) is 1. The Morgan fingerprint density at radius 3 is 2.68 bits per heavy atom. The van der Waals surface area contributed by atoms with Crippen molar-refractivity contribution in [1.82, 2.24) is 5.32 Å². The number of carbonyl (C=O) groups is 1. The summed E-state index contributed by atoms with van der Waals surface area (Å²) in [5.74, 6) is 0.178. The van der Waals surface area contributed by atoms with E-state index < -0.39 is 0 Å². The van der Waals surface area contributed by atoms with Gasteiger partial charge in [-0.3, -0.25) is 4.79 Å². The van der Waals surface area contributed by atoms with Crippen LogP contribution in [0.2, 0.25) is 0 Å². The molecule has 0 saturated carbocycles. The van der Waals surface area contributed by atoms with Crippen molar-refractivity contribution >= 4 is 5.78 Å². The van der Waals surface area contributed by atoms with Crippen LogP contribution in [0.1, 0.15) is 40.7 Å². The van der Waals surface area contributed by atoms with Crippen molar-refractivity contribution in [1.29, 1.82) is 0 Å². The molecule has 0 amide bonds. The second kappa shape index (κ2) is 6.83. The van der Waals surface area contributed by atoms with Crippen LogP contribution >= 0.6 is 0 Å². The third-order valence-electron chi connectivity index (χ3n) is 3.80. The van der Waals surface area contributed by atoms with Gasteiger partial charge in [-0.25, -0.2) is 0 Å². The fourth-order valence-corrected chi connectivity index (χ4v) is 2.34. The van der Waals surface area contributed by atoms with Crippen molar-refractivity contribution in [3.05, 3.63) is 34.9 Å². The molecule has 0 spiro atoms. The zero-order chi connectivity index (χ0) is 13.7. The number of Topliss-reactive ketones (excluding diaryl/α,β-unsaturated/α-hetero) is 1. The molecule has 1 aliphatic rings. The summed E-state index contributed by atoms with van der Waals surface area (Å²) in [6.07, 6.45) is 2.91. The number of piperidine rings is 1. The molecule has 3 heteroatoms. The summed E-state index contributed by atoms with van der Waals surface area (Å²) in [5, 5.41) is 3.30. The quantitative estimate of drug-likeness (QED) is 0.828. The van der Waals surface area contributed by atoms with Crippen LogP contribution in [-0.4, -0.2) is 31.6 Å². The molecule has 1 aliphatic heterocycles. The lowest BCUT2D eigenvalue weighted by Crippen LogP contribution is -2.32. The van der Waals surface area contributed by atoms with Crippen LogP contribution in [0.3, 0.4) is 0 Å². The summed E-state index contributed by atoms with van der Waals surface area (Å²) in [7, 11) is 0. The molecule has 0 unspecified atom stereocenters. The Morgan fingerprint density at radius 2 is 2.00 bits per heavy atom. The fraction of sp³-hybridized carbons (Fsp3) is 0.562. The van der Waals surface area contributed by atoms with Gasteiger partial charge in [0, 0.05) is 12.0 Å². The highest BCUT2D eigenvalue weighted by atomic mass is 16.5. The van der Waals surface area contributed by atoms with Gasteiger partial charge in [-0.1, -0.05) is 12.1 Å². The van der Waals surface area contributed by atoms with Crippen LogP contribution in [-0.2, 0) is 4.74 Å². The Labute approximate surface area is 115 Å². The van der Waals surface area contributed by atoms with Gasteiger partial charge in [0.05, 0.1) is 12.7 Å². The Bertz CT molecular complexity index is 436. The van der Waals surface area contributed by atoms with Crippen molar-refractivity contribution in [2.24, 2.45) is 0 Å². The van der Waals surface area contributed by atoms with E-state index in [4.69, 9.17) is 4.74 Å². The van der Waals surface area contributed by atoms with Gasteiger partial charge in [-0.05, 0) is 57.0 Å². The fourth-order valence-electron chi connectivity index (χ4n) is 2.34. The standard InChI is InChI=1S/C16H23NO2/c1-12-3-4-14(11-13(12)2)16(18)7-10-19-15-5-8-17-9-6-15/h3-4,11,15,17H,5-10H2,1-2H3. The molecule has 0 aliphatic carbocycles. The minimum absolute atomic E-state index is 0.178. The largest absolute Gasteiger partial charge is 0.378 e. The molecule has 0 atom stereocenters. The molecule has 2 rings (SSSR count). The first-order valence-electron chi connectivity index (χ1n) is 7.09. The molecule has 1 heterocycles. The number of carbonyl (C=O) groups excluding carboxylic acids is 1. The van der Waals surface area contributed by atoms with Crippen LogP contribution in [0.5, 0.6) is 0 Å². The van der Waals surface area contributed by atoms with E-state index in [2.05, 4.69) is 12.2 Å². The summed E-state index contributed by atoms with van der Waals surface area (Å²) in [4.78, 5) is 12.1. The van der Waals surface area contributed by atoms with E-state index in [-0.39, 0.29) is 5.78 Å². The van der Waals surface area contributed by atoms with Gasteiger partial charge < -0.3 is 10.1 Å². The molecule has 0 aromatic heterocycles. The van der Waals surface area contributed by atoms with Gasteiger partial charge in [0.2, 0.25) is 0 Å². The van der Waals surface area contributed by atoms with E-state index in [9.17, 15) is 4.79 Å². The molecule has 0 radical (unpaired) electrons. The van der Waals surface area contributed by atoms with Crippen molar-refractivity contribution in [2.45, 2.75) is 39.2 Å². The molecular formula is C16H23NO2. The summed E-state index contributed by atoms with van der Waals surface area (Å²) in [5.41, 5.74) is 3.20. The monoisotopic (exact) mass is 261 g/mol. The first-order valence-corrected chi connectivity index (χ1v) is 7.09. The highest BCUT2D eigenvalue weighted by Crippen LogP contribution is 2.13. The zero-order valence-electron chi connectivity index (χ0n) is 11.9. The van der Waals surface area contributed by atoms with Crippen LogP contribution in [0.15, 0.2) is 18.2 Å². The first kappa shape index (κ1) is 14.2. The molecule has 104 valence electrons. The Morgan fingerprint density at radius 1 is 1.26 bits per heavy atom. The predicted molar refractivity (Wildman–Crippen MR) is 76.7 cm³/mol. The van der Waals surface area contributed by atoms with Crippen LogP contribution < -0.4 is 5.32 Å².